The SMILES string of the molecule is CC(C)Cc1nc(CN(CC2CCCN2)C2CC2)no1. The molecule has 2 fully saturated rings. The maximum Gasteiger partial charge on any atom is 0.226 e. The van der Waals surface area contributed by atoms with E-state index < -0.39 is 0 Å². The lowest BCUT2D eigenvalue weighted by atomic mass is 10.1. The molecule has 0 aromatic carbocycles. The first-order chi connectivity index (χ1) is 9.70. The first-order valence-electron chi connectivity index (χ1n) is 7.99. The summed E-state index contributed by atoms with van der Waals surface area (Å²) in [6.45, 7) is 7.48. The van der Waals surface area contributed by atoms with E-state index in [1.165, 1.54) is 32.2 Å². The molecule has 1 N–H and O–H groups in total. The third-order valence-corrected chi connectivity index (χ3v) is 4.12. The molecule has 112 valence electrons. The number of nitrogens with one attached hydrogen (secondary N) is 1. The third kappa shape index (κ3) is 3.79. The first kappa shape index (κ1) is 14.0. The number of aromatic nitrogens is 2. The molecule has 1 saturated carbocycles. The molecule has 0 bridgehead atoms. The van der Waals surface area contributed by atoms with Crippen molar-refractivity contribution in [2.45, 2.75) is 64.6 Å². The van der Waals surface area contributed by atoms with Crippen LogP contribution in [0.4, 0.5) is 0 Å². The summed E-state index contributed by atoms with van der Waals surface area (Å²) in [5, 5.41) is 7.73. The van der Waals surface area contributed by atoms with Gasteiger partial charge in [-0.15, -0.1) is 0 Å². The monoisotopic (exact) mass is 278 g/mol. The minimum atomic E-state index is 0.561. The summed E-state index contributed by atoms with van der Waals surface area (Å²) in [5.41, 5.74) is 0. The normalized spacial score (nSPS) is 23.1. The quantitative estimate of drug-likeness (QED) is 0.826. The minimum absolute atomic E-state index is 0.561. The molecule has 1 atom stereocenters. The summed E-state index contributed by atoms with van der Waals surface area (Å²) in [5.74, 6) is 2.20. The summed E-state index contributed by atoms with van der Waals surface area (Å²) >= 11 is 0. The molecule has 1 aliphatic carbocycles. The van der Waals surface area contributed by atoms with Gasteiger partial charge in [0.2, 0.25) is 5.89 Å². The lowest BCUT2D eigenvalue weighted by Gasteiger charge is -2.23. The van der Waals surface area contributed by atoms with Crippen molar-refractivity contribution in [2.24, 2.45) is 5.92 Å². The van der Waals surface area contributed by atoms with Crippen LogP contribution in [0.25, 0.3) is 0 Å². The zero-order chi connectivity index (χ0) is 13.9. The highest BCUT2D eigenvalue weighted by molar-refractivity contribution is 4.93. The van der Waals surface area contributed by atoms with Crippen molar-refractivity contribution in [2.75, 3.05) is 13.1 Å². The maximum absolute atomic E-state index is 5.34. The van der Waals surface area contributed by atoms with Crippen molar-refractivity contribution in [1.82, 2.24) is 20.4 Å². The number of hydrogen-bond donors (Lipinski definition) is 1. The molecule has 3 rings (SSSR count). The van der Waals surface area contributed by atoms with E-state index in [0.717, 1.165) is 37.3 Å². The van der Waals surface area contributed by atoms with Gasteiger partial charge in [0.15, 0.2) is 5.82 Å². The largest absolute Gasteiger partial charge is 0.339 e. The summed E-state index contributed by atoms with van der Waals surface area (Å²) in [7, 11) is 0. The number of rotatable bonds is 7. The van der Waals surface area contributed by atoms with Crippen molar-refractivity contribution >= 4 is 0 Å². The Balaban J connectivity index is 1.56. The highest BCUT2D eigenvalue weighted by Crippen LogP contribution is 2.28. The zero-order valence-electron chi connectivity index (χ0n) is 12.6. The molecule has 1 aromatic rings. The molecule has 20 heavy (non-hydrogen) atoms. The van der Waals surface area contributed by atoms with Gasteiger partial charge in [0.1, 0.15) is 0 Å². The predicted molar refractivity (Wildman–Crippen MR) is 77.3 cm³/mol. The smallest absolute Gasteiger partial charge is 0.226 e. The lowest BCUT2D eigenvalue weighted by Crippen LogP contribution is -2.38. The number of nitrogens with zero attached hydrogens (tertiary/aromatic N) is 3. The molecule has 1 aromatic heterocycles. The van der Waals surface area contributed by atoms with Gasteiger partial charge >= 0.3 is 0 Å². The Morgan fingerprint density at radius 2 is 2.20 bits per heavy atom. The summed E-state index contributed by atoms with van der Waals surface area (Å²) in [6, 6.07) is 1.39. The van der Waals surface area contributed by atoms with Crippen LogP contribution in [0.3, 0.4) is 0 Å². The van der Waals surface area contributed by atoms with Gasteiger partial charge in [0.05, 0.1) is 6.54 Å². The molecular weight excluding hydrogens is 252 g/mol. The third-order valence-electron chi connectivity index (χ3n) is 4.12. The fraction of sp³-hybridized carbons (Fsp3) is 0.867. The Labute approximate surface area is 121 Å². The van der Waals surface area contributed by atoms with Gasteiger partial charge in [-0.3, -0.25) is 4.90 Å². The minimum Gasteiger partial charge on any atom is -0.339 e. The molecule has 1 unspecified atom stereocenters. The molecule has 1 saturated heterocycles. The second-order valence-electron chi connectivity index (χ2n) is 6.66. The Kier molecular flexibility index (Phi) is 4.36. The predicted octanol–water partition coefficient (Wildman–Crippen LogP) is 1.98. The topological polar surface area (TPSA) is 54.2 Å². The fourth-order valence-electron chi connectivity index (χ4n) is 2.95. The second kappa shape index (κ2) is 6.22. The summed E-state index contributed by atoms with van der Waals surface area (Å²) in [4.78, 5) is 7.07. The van der Waals surface area contributed by atoms with E-state index in [9.17, 15) is 0 Å². The van der Waals surface area contributed by atoms with E-state index in [1.54, 1.807) is 0 Å². The van der Waals surface area contributed by atoms with E-state index >= 15 is 0 Å². The average molecular weight is 278 g/mol. The molecule has 1 aliphatic heterocycles. The van der Waals surface area contributed by atoms with Gasteiger partial charge in [-0.05, 0) is 38.1 Å². The Morgan fingerprint density at radius 3 is 2.85 bits per heavy atom. The van der Waals surface area contributed by atoms with Gasteiger partial charge < -0.3 is 9.84 Å². The van der Waals surface area contributed by atoms with Crippen LogP contribution in [0.2, 0.25) is 0 Å². The van der Waals surface area contributed by atoms with E-state index in [2.05, 4.69) is 34.2 Å². The lowest BCUT2D eigenvalue weighted by molar-refractivity contribution is 0.222. The van der Waals surface area contributed by atoms with Crippen molar-refractivity contribution < 1.29 is 4.52 Å². The first-order valence-corrected chi connectivity index (χ1v) is 7.99. The molecule has 0 amide bonds. The van der Waals surface area contributed by atoms with Crippen LogP contribution in [-0.2, 0) is 13.0 Å². The van der Waals surface area contributed by atoms with Crippen LogP contribution in [0.15, 0.2) is 4.52 Å². The molecular formula is C15H26N4O. The van der Waals surface area contributed by atoms with Crippen LogP contribution >= 0.6 is 0 Å². The molecule has 2 aliphatic rings. The molecule has 0 radical (unpaired) electrons. The standard InChI is InChI=1S/C15H26N4O/c1-11(2)8-15-17-14(18-20-15)10-19(13-5-6-13)9-12-4-3-7-16-12/h11-13,16H,3-10H2,1-2H3. The van der Waals surface area contributed by atoms with E-state index in [1.807, 2.05) is 0 Å². The fourth-order valence-corrected chi connectivity index (χ4v) is 2.95. The summed E-state index contributed by atoms with van der Waals surface area (Å²) in [6.07, 6.45) is 6.13. The van der Waals surface area contributed by atoms with E-state index in [0.29, 0.717) is 12.0 Å². The maximum atomic E-state index is 5.34. The van der Waals surface area contributed by atoms with Crippen molar-refractivity contribution in [3.05, 3.63) is 11.7 Å². The molecule has 5 heteroatoms. The Morgan fingerprint density at radius 1 is 1.35 bits per heavy atom. The molecule has 0 spiro atoms. The van der Waals surface area contributed by atoms with Gasteiger partial charge in [0.25, 0.3) is 0 Å². The van der Waals surface area contributed by atoms with Crippen LogP contribution in [-0.4, -0.2) is 40.2 Å². The van der Waals surface area contributed by atoms with Gasteiger partial charge in [-0.1, -0.05) is 19.0 Å². The summed E-state index contributed by atoms with van der Waals surface area (Å²) < 4.78 is 5.34. The highest BCUT2D eigenvalue weighted by Gasteiger charge is 2.32. The highest BCUT2D eigenvalue weighted by atomic mass is 16.5. The van der Waals surface area contributed by atoms with Crippen molar-refractivity contribution in [3.63, 3.8) is 0 Å². The number of hydrogen-bond acceptors (Lipinski definition) is 5. The Hall–Kier alpha value is -0.940. The van der Waals surface area contributed by atoms with Gasteiger partial charge in [-0.2, -0.15) is 4.98 Å². The van der Waals surface area contributed by atoms with Crippen molar-refractivity contribution in [3.8, 4) is 0 Å². The van der Waals surface area contributed by atoms with E-state index in [4.69, 9.17) is 4.52 Å². The van der Waals surface area contributed by atoms with Crippen LogP contribution in [0.1, 0.15) is 51.2 Å². The van der Waals surface area contributed by atoms with Crippen LogP contribution in [0, 0.1) is 5.92 Å². The molecule has 5 nitrogen and oxygen atoms in total. The van der Waals surface area contributed by atoms with Crippen molar-refractivity contribution in [1.29, 1.82) is 0 Å². The van der Waals surface area contributed by atoms with Crippen LogP contribution < -0.4 is 5.32 Å². The Bertz CT molecular complexity index is 421. The van der Waals surface area contributed by atoms with Crippen LogP contribution in [0.5, 0.6) is 0 Å². The molecule has 2 heterocycles. The van der Waals surface area contributed by atoms with Gasteiger partial charge in [0, 0.05) is 25.0 Å². The van der Waals surface area contributed by atoms with E-state index in [-0.39, 0.29) is 0 Å². The van der Waals surface area contributed by atoms with Gasteiger partial charge in [-0.25, -0.2) is 0 Å². The average Bonchev–Trinajstić information content (AvgIpc) is 2.95. The second-order valence-corrected chi connectivity index (χ2v) is 6.66. The zero-order valence-corrected chi connectivity index (χ0v) is 12.6.